The molecule has 0 saturated heterocycles. The molecule has 0 saturated carbocycles. The Bertz CT molecular complexity index is 999. The van der Waals surface area contributed by atoms with Gasteiger partial charge in [0.25, 0.3) is 10.1 Å². The molecule has 166 valence electrons. The third-order valence-corrected chi connectivity index (χ3v) is 4.99. The molecule has 2 rings (SSSR count). The number of carbonyl (C=O) groups excluding carboxylic acids is 1. The van der Waals surface area contributed by atoms with Crippen LogP contribution in [0.15, 0.2) is 48.5 Å². The lowest BCUT2D eigenvalue weighted by Crippen LogP contribution is -2.09. The minimum Gasteiger partial charge on any atom is -0.489 e. The van der Waals surface area contributed by atoms with E-state index in [2.05, 4.69) is 11.8 Å². The Balaban J connectivity index is 1.89. The predicted molar refractivity (Wildman–Crippen MR) is 119 cm³/mol. The number of hydrogen-bond acceptors (Lipinski definition) is 6. The van der Waals surface area contributed by atoms with Crippen LogP contribution in [0.2, 0.25) is 0 Å². The molecule has 0 bridgehead atoms. The predicted octanol–water partition coefficient (Wildman–Crippen LogP) is 3.84. The maximum Gasteiger partial charge on any atom is 0.307 e. The Labute approximate surface area is 184 Å². The van der Waals surface area contributed by atoms with Crippen LogP contribution in [0.4, 0.5) is 0 Å². The van der Waals surface area contributed by atoms with E-state index in [4.69, 9.17) is 13.7 Å². The van der Waals surface area contributed by atoms with Crippen LogP contribution < -0.4 is 4.74 Å². The molecule has 2 aromatic rings. The van der Waals surface area contributed by atoms with Gasteiger partial charge in [0, 0.05) is 0 Å². The summed E-state index contributed by atoms with van der Waals surface area (Å²) in [5.41, 5.74) is 2.92. The minimum atomic E-state index is -3.41. The SMILES string of the molecule is CC#C[C@@H](CC(=O)OCC)c1ccc(OCc2ccc(CCOS(C)(=O)=O)cc2)cc1. The van der Waals surface area contributed by atoms with Gasteiger partial charge in [-0.3, -0.25) is 8.98 Å². The summed E-state index contributed by atoms with van der Waals surface area (Å²) in [7, 11) is -3.41. The Morgan fingerprint density at radius 1 is 1.03 bits per heavy atom. The monoisotopic (exact) mass is 444 g/mol. The van der Waals surface area contributed by atoms with Crippen molar-refractivity contribution in [2.45, 2.75) is 39.2 Å². The molecule has 0 radical (unpaired) electrons. The summed E-state index contributed by atoms with van der Waals surface area (Å²) in [4.78, 5) is 11.8. The zero-order valence-corrected chi connectivity index (χ0v) is 18.9. The van der Waals surface area contributed by atoms with Gasteiger partial charge in [0.2, 0.25) is 0 Å². The zero-order valence-electron chi connectivity index (χ0n) is 18.1. The highest BCUT2D eigenvalue weighted by Gasteiger charge is 2.15. The molecule has 0 unspecified atom stereocenters. The highest BCUT2D eigenvalue weighted by atomic mass is 32.2. The first kappa shape index (κ1) is 24.4. The molecule has 31 heavy (non-hydrogen) atoms. The van der Waals surface area contributed by atoms with Gasteiger partial charge in [0.05, 0.1) is 31.8 Å². The first-order chi connectivity index (χ1) is 14.8. The first-order valence-corrected chi connectivity index (χ1v) is 11.8. The normalized spacial score (nSPS) is 11.8. The van der Waals surface area contributed by atoms with Crippen molar-refractivity contribution in [3.05, 3.63) is 65.2 Å². The van der Waals surface area contributed by atoms with E-state index in [9.17, 15) is 13.2 Å². The fourth-order valence-electron chi connectivity index (χ4n) is 2.89. The number of esters is 1. The van der Waals surface area contributed by atoms with E-state index < -0.39 is 10.1 Å². The van der Waals surface area contributed by atoms with Crippen molar-refractivity contribution in [1.82, 2.24) is 0 Å². The van der Waals surface area contributed by atoms with Crippen molar-refractivity contribution in [3.63, 3.8) is 0 Å². The molecular weight excluding hydrogens is 416 g/mol. The maximum absolute atomic E-state index is 11.8. The van der Waals surface area contributed by atoms with Crippen molar-refractivity contribution in [3.8, 4) is 17.6 Å². The number of hydrogen-bond donors (Lipinski definition) is 0. The molecule has 0 aliphatic heterocycles. The summed E-state index contributed by atoms with van der Waals surface area (Å²) in [5, 5.41) is 0. The van der Waals surface area contributed by atoms with Crippen LogP contribution in [0.1, 0.15) is 42.9 Å². The molecule has 0 aliphatic rings. The highest BCUT2D eigenvalue weighted by molar-refractivity contribution is 7.85. The maximum atomic E-state index is 11.8. The standard InChI is InChI=1S/C24H28O6S/c1-4-6-22(17-24(25)28-5-2)21-11-13-23(14-12-21)29-18-20-9-7-19(8-10-20)15-16-30-31(3,26)27/h7-14,22H,5,15-18H2,1-3H3/t22-/m0/s1. The van der Waals surface area contributed by atoms with E-state index in [-0.39, 0.29) is 24.9 Å². The van der Waals surface area contributed by atoms with Gasteiger partial charge < -0.3 is 9.47 Å². The number of ether oxygens (including phenoxy) is 2. The van der Waals surface area contributed by atoms with Gasteiger partial charge in [-0.2, -0.15) is 8.42 Å². The van der Waals surface area contributed by atoms with Crippen LogP contribution in [-0.4, -0.2) is 33.9 Å². The van der Waals surface area contributed by atoms with Crippen LogP contribution in [0, 0.1) is 11.8 Å². The summed E-state index contributed by atoms with van der Waals surface area (Å²) in [6, 6.07) is 15.3. The largest absolute Gasteiger partial charge is 0.489 e. The average Bonchev–Trinajstić information content (AvgIpc) is 2.72. The van der Waals surface area contributed by atoms with Gasteiger partial charge >= 0.3 is 5.97 Å². The molecule has 6 nitrogen and oxygen atoms in total. The lowest BCUT2D eigenvalue weighted by atomic mass is 9.96. The highest BCUT2D eigenvalue weighted by Crippen LogP contribution is 2.23. The third-order valence-electron chi connectivity index (χ3n) is 4.39. The molecule has 0 aromatic heterocycles. The van der Waals surface area contributed by atoms with Gasteiger partial charge in [-0.25, -0.2) is 0 Å². The second kappa shape index (κ2) is 12.1. The number of benzene rings is 2. The Kier molecular flexibility index (Phi) is 9.57. The molecule has 0 spiro atoms. The summed E-state index contributed by atoms with van der Waals surface area (Å²) < 4.78 is 37.6. The summed E-state index contributed by atoms with van der Waals surface area (Å²) >= 11 is 0. The fourth-order valence-corrected chi connectivity index (χ4v) is 3.28. The van der Waals surface area contributed by atoms with Crippen molar-refractivity contribution in [1.29, 1.82) is 0 Å². The third kappa shape index (κ3) is 9.24. The summed E-state index contributed by atoms with van der Waals surface area (Å²) in [6.07, 6.45) is 1.78. The van der Waals surface area contributed by atoms with Crippen LogP contribution in [-0.2, 0) is 36.9 Å². The van der Waals surface area contributed by atoms with E-state index in [0.29, 0.717) is 25.4 Å². The van der Waals surface area contributed by atoms with Gasteiger partial charge in [0.1, 0.15) is 12.4 Å². The van der Waals surface area contributed by atoms with Crippen LogP contribution in [0.3, 0.4) is 0 Å². The fraction of sp³-hybridized carbons (Fsp3) is 0.375. The molecule has 0 heterocycles. The molecule has 0 fully saturated rings. The molecule has 0 N–H and O–H groups in total. The average molecular weight is 445 g/mol. The quantitative estimate of drug-likeness (QED) is 0.298. The topological polar surface area (TPSA) is 78.9 Å². The van der Waals surface area contributed by atoms with Crippen molar-refractivity contribution in [2.24, 2.45) is 0 Å². The van der Waals surface area contributed by atoms with Gasteiger partial charge in [0.15, 0.2) is 0 Å². The van der Waals surface area contributed by atoms with Gasteiger partial charge in [-0.1, -0.05) is 42.3 Å². The molecular formula is C24H28O6S. The van der Waals surface area contributed by atoms with Crippen molar-refractivity contribution < 1.29 is 26.9 Å². The molecule has 7 heteroatoms. The number of carbonyl (C=O) groups is 1. The second-order valence-electron chi connectivity index (χ2n) is 6.91. The summed E-state index contributed by atoms with van der Waals surface area (Å²) in [6.45, 7) is 4.42. The molecule has 0 aliphatic carbocycles. The van der Waals surface area contributed by atoms with Crippen molar-refractivity contribution >= 4 is 16.1 Å². The van der Waals surface area contributed by atoms with E-state index in [1.807, 2.05) is 48.5 Å². The number of rotatable bonds is 11. The van der Waals surface area contributed by atoms with Crippen LogP contribution >= 0.6 is 0 Å². The van der Waals surface area contributed by atoms with E-state index in [1.165, 1.54) is 0 Å². The van der Waals surface area contributed by atoms with Crippen LogP contribution in [0.5, 0.6) is 5.75 Å². The Morgan fingerprint density at radius 2 is 1.68 bits per heavy atom. The second-order valence-corrected chi connectivity index (χ2v) is 8.55. The Morgan fingerprint density at radius 3 is 2.26 bits per heavy atom. The molecule has 0 amide bonds. The lowest BCUT2D eigenvalue weighted by Gasteiger charge is -2.12. The zero-order chi connectivity index (χ0) is 22.7. The first-order valence-electron chi connectivity index (χ1n) is 10.0. The van der Waals surface area contributed by atoms with E-state index >= 15 is 0 Å². The summed E-state index contributed by atoms with van der Waals surface area (Å²) in [5.74, 6) is 6.18. The van der Waals surface area contributed by atoms with Crippen LogP contribution in [0.25, 0.3) is 0 Å². The molecule has 1 atom stereocenters. The van der Waals surface area contributed by atoms with E-state index in [0.717, 1.165) is 22.9 Å². The van der Waals surface area contributed by atoms with Gasteiger partial charge in [-0.15, -0.1) is 5.92 Å². The lowest BCUT2D eigenvalue weighted by molar-refractivity contribution is -0.143. The smallest absolute Gasteiger partial charge is 0.307 e. The minimum absolute atomic E-state index is 0.126. The van der Waals surface area contributed by atoms with E-state index in [1.54, 1.807) is 13.8 Å². The van der Waals surface area contributed by atoms with Gasteiger partial charge in [-0.05, 0) is 49.1 Å². The molecule has 2 aromatic carbocycles. The Hall–Kier alpha value is -2.82. The van der Waals surface area contributed by atoms with Crippen molar-refractivity contribution in [2.75, 3.05) is 19.5 Å².